The molecule has 8 nitrogen and oxygen atoms in total. The number of anilines is 3. The number of nitrogens with one attached hydrogen (secondary N) is 2. The quantitative estimate of drug-likeness (QED) is 0.490. The van der Waals surface area contributed by atoms with Crippen molar-refractivity contribution in [3.05, 3.63) is 0 Å². The van der Waals surface area contributed by atoms with Crippen LogP contribution in [-0.4, -0.2) is 48.3 Å². The van der Waals surface area contributed by atoms with Crippen LogP contribution in [0.3, 0.4) is 0 Å². The van der Waals surface area contributed by atoms with Crippen molar-refractivity contribution in [1.82, 2.24) is 15.0 Å². The molecule has 1 fully saturated rings. The summed E-state index contributed by atoms with van der Waals surface area (Å²) in [4.78, 5) is 14.4. The lowest BCUT2D eigenvalue weighted by Crippen LogP contribution is -2.40. The van der Waals surface area contributed by atoms with Crippen LogP contribution in [0.4, 0.5) is 17.8 Å². The molecule has 0 amide bonds. The molecule has 8 heteroatoms. The van der Waals surface area contributed by atoms with E-state index < -0.39 is 0 Å². The molecule has 4 N–H and O–H groups in total. The van der Waals surface area contributed by atoms with Crippen LogP contribution in [0, 0.1) is 0 Å². The average molecular weight is 253 g/mol. The molecule has 0 bridgehead atoms. The number of nitrogens with zero attached hydrogens (tertiary/aromatic N) is 4. The van der Waals surface area contributed by atoms with Crippen LogP contribution in [0.15, 0.2) is 0 Å². The van der Waals surface area contributed by atoms with Gasteiger partial charge in [-0.15, -0.1) is 0 Å². The van der Waals surface area contributed by atoms with E-state index in [1.54, 1.807) is 12.0 Å². The van der Waals surface area contributed by atoms with Crippen molar-refractivity contribution in [2.45, 2.75) is 25.0 Å². The molecule has 0 atom stereocenters. The molecule has 100 valence electrons. The molecule has 0 spiro atoms. The molecule has 1 aliphatic rings. The number of ether oxygens (including phenoxy) is 1. The highest BCUT2D eigenvalue weighted by molar-refractivity contribution is 5.43. The van der Waals surface area contributed by atoms with Gasteiger partial charge in [-0.05, 0) is 12.8 Å². The summed E-state index contributed by atoms with van der Waals surface area (Å²) in [5, 5.41) is 3.25. The van der Waals surface area contributed by atoms with Crippen LogP contribution in [0.25, 0.3) is 0 Å². The van der Waals surface area contributed by atoms with Crippen LogP contribution in [0.1, 0.15) is 12.8 Å². The van der Waals surface area contributed by atoms with Crippen molar-refractivity contribution in [3.8, 4) is 0 Å². The lowest BCUT2D eigenvalue weighted by Gasteiger charge is -2.34. The van der Waals surface area contributed by atoms with Crippen LogP contribution in [-0.2, 0) is 4.74 Å². The van der Waals surface area contributed by atoms with Gasteiger partial charge >= 0.3 is 0 Å². The molecule has 1 saturated carbocycles. The fraction of sp³-hybridized carbons (Fsp3) is 0.700. The lowest BCUT2D eigenvalue weighted by molar-refractivity contribution is 0.0327. The summed E-state index contributed by atoms with van der Waals surface area (Å²) in [5.74, 6) is 6.77. The Hall–Kier alpha value is -1.67. The van der Waals surface area contributed by atoms with Crippen molar-refractivity contribution in [3.63, 3.8) is 0 Å². The fourth-order valence-corrected chi connectivity index (χ4v) is 1.75. The van der Waals surface area contributed by atoms with Crippen LogP contribution in [0.5, 0.6) is 0 Å². The van der Waals surface area contributed by atoms with E-state index in [9.17, 15) is 0 Å². The number of hydrazine groups is 1. The number of hydrogen-bond acceptors (Lipinski definition) is 8. The second-order valence-corrected chi connectivity index (χ2v) is 4.49. The maximum absolute atomic E-state index is 5.34. The van der Waals surface area contributed by atoms with Gasteiger partial charge in [0, 0.05) is 27.2 Å². The predicted molar refractivity (Wildman–Crippen MR) is 69.4 cm³/mol. The van der Waals surface area contributed by atoms with Crippen LogP contribution >= 0.6 is 0 Å². The number of aromatic nitrogens is 3. The SMILES string of the molecule is COC1CC(Nc2nc(NN)nc(N(C)C)n2)C1. The van der Waals surface area contributed by atoms with Crippen molar-refractivity contribution < 1.29 is 4.74 Å². The third-order valence-electron chi connectivity index (χ3n) is 2.91. The molecule has 0 unspecified atom stereocenters. The lowest BCUT2D eigenvalue weighted by atomic mass is 9.89. The molecule has 0 aromatic carbocycles. The van der Waals surface area contributed by atoms with Crippen molar-refractivity contribution in [2.75, 3.05) is 36.8 Å². The van der Waals surface area contributed by atoms with Gasteiger partial charge in [0.15, 0.2) is 0 Å². The largest absolute Gasteiger partial charge is 0.381 e. The molecule has 1 heterocycles. The highest BCUT2D eigenvalue weighted by Gasteiger charge is 2.29. The Morgan fingerprint density at radius 2 is 1.89 bits per heavy atom. The van der Waals surface area contributed by atoms with Gasteiger partial charge in [0.05, 0.1) is 6.10 Å². The first kappa shape index (κ1) is 12.8. The molecule has 0 radical (unpaired) electrons. The van der Waals surface area contributed by atoms with Gasteiger partial charge < -0.3 is 15.0 Å². The predicted octanol–water partition coefficient (Wildman–Crippen LogP) is -0.187. The van der Waals surface area contributed by atoms with Crippen molar-refractivity contribution in [1.29, 1.82) is 0 Å². The third kappa shape index (κ3) is 2.77. The zero-order valence-corrected chi connectivity index (χ0v) is 10.8. The topological polar surface area (TPSA) is 101 Å². The molecule has 0 saturated heterocycles. The minimum atomic E-state index is 0.338. The summed E-state index contributed by atoms with van der Waals surface area (Å²) in [6.07, 6.45) is 2.26. The first-order valence-corrected chi connectivity index (χ1v) is 5.81. The first-order valence-electron chi connectivity index (χ1n) is 5.81. The highest BCUT2D eigenvalue weighted by Crippen LogP contribution is 2.25. The second-order valence-electron chi connectivity index (χ2n) is 4.49. The molecular weight excluding hydrogens is 234 g/mol. The summed E-state index contributed by atoms with van der Waals surface area (Å²) in [6.45, 7) is 0. The Labute approximate surface area is 106 Å². The van der Waals surface area contributed by atoms with Gasteiger partial charge in [-0.3, -0.25) is 5.43 Å². The molecule has 18 heavy (non-hydrogen) atoms. The summed E-state index contributed by atoms with van der Waals surface area (Å²) >= 11 is 0. The molecule has 1 aromatic rings. The number of nitrogens with two attached hydrogens (primary N) is 1. The van der Waals surface area contributed by atoms with Crippen molar-refractivity contribution in [2.24, 2.45) is 5.84 Å². The third-order valence-corrected chi connectivity index (χ3v) is 2.91. The Bertz CT molecular complexity index is 405. The van der Waals surface area contributed by atoms with Gasteiger partial charge in [0.25, 0.3) is 0 Å². The van der Waals surface area contributed by atoms with E-state index in [1.165, 1.54) is 0 Å². The number of hydrogen-bond donors (Lipinski definition) is 3. The van der Waals surface area contributed by atoms with E-state index >= 15 is 0 Å². The molecular formula is C10H19N7O. The zero-order chi connectivity index (χ0) is 13.1. The normalized spacial score (nSPS) is 22.2. The minimum Gasteiger partial charge on any atom is -0.381 e. The van der Waals surface area contributed by atoms with E-state index in [4.69, 9.17) is 10.6 Å². The van der Waals surface area contributed by atoms with Gasteiger partial charge in [0.1, 0.15) is 0 Å². The van der Waals surface area contributed by atoms with E-state index in [0.717, 1.165) is 12.8 Å². The Morgan fingerprint density at radius 3 is 2.44 bits per heavy atom. The number of methoxy groups -OCH3 is 1. The Kier molecular flexibility index (Phi) is 3.78. The van der Waals surface area contributed by atoms with Gasteiger partial charge in [-0.2, -0.15) is 15.0 Å². The molecule has 1 aliphatic carbocycles. The van der Waals surface area contributed by atoms with E-state index in [1.807, 2.05) is 14.1 Å². The molecule has 1 aromatic heterocycles. The summed E-state index contributed by atoms with van der Waals surface area (Å²) in [5.41, 5.74) is 2.44. The first-order chi connectivity index (χ1) is 8.62. The minimum absolute atomic E-state index is 0.338. The van der Waals surface area contributed by atoms with Gasteiger partial charge in [-0.25, -0.2) is 5.84 Å². The summed E-state index contributed by atoms with van der Waals surface area (Å²) in [6, 6.07) is 0.345. The molecule has 2 rings (SSSR count). The molecule has 0 aliphatic heterocycles. The van der Waals surface area contributed by atoms with Gasteiger partial charge in [-0.1, -0.05) is 0 Å². The van der Waals surface area contributed by atoms with Crippen molar-refractivity contribution >= 4 is 17.8 Å². The second kappa shape index (κ2) is 5.32. The van der Waals surface area contributed by atoms with Gasteiger partial charge in [0.2, 0.25) is 17.8 Å². The Balaban J connectivity index is 2.05. The maximum atomic E-state index is 5.34. The monoisotopic (exact) mass is 253 g/mol. The highest BCUT2D eigenvalue weighted by atomic mass is 16.5. The smallest absolute Gasteiger partial charge is 0.243 e. The average Bonchev–Trinajstić information content (AvgIpc) is 2.32. The van der Waals surface area contributed by atoms with E-state index in [-0.39, 0.29) is 0 Å². The van der Waals surface area contributed by atoms with Crippen LogP contribution in [0.2, 0.25) is 0 Å². The van der Waals surface area contributed by atoms with Crippen LogP contribution < -0.4 is 21.5 Å². The number of rotatable bonds is 5. The standard InChI is InChI=1S/C10H19N7O/c1-17(2)10-14-8(13-9(15-10)16-11)12-6-4-7(5-6)18-3/h6-7H,4-5,11H2,1-3H3,(H2,12,13,14,15,16). The summed E-state index contributed by atoms with van der Waals surface area (Å²) < 4.78 is 5.23. The maximum Gasteiger partial charge on any atom is 0.243 e. The fourth-order valence-electron chi connectivity index (χ4n) is 1.75. The number of nitrogen functional groups attached to an aromatic ring is 1. The summed E-state index contributed by atoms with van der Waals surface area (Å²) in [7, 11) is 5.46. The zero-order valence-electron chi connectivity index (χ0n) is 10.8. The van der Waals surface area contributed by atoms with E-state index in [0.29, 0.717) is 30.0 Å². The van der Waals surface area contributed by atoms with E-state index in [2.05, 4.69) is 25.7 Å². The Morgan fingerprint density at radius 1 is 1.22 bits per heavy atom.